The van der Waals surface area contributed by atoms with Gasteiger partial charge in [0.05, 0.1) is 34.6 Å². The summed E-state index contributed by atoms with van der Waals surface area (Å²) in [5, 5.41) is 5.12. The molecule has 0 unspecified atom stereocenters. The number of esters is 1. The topological polar surface area (TPSA) is 66.1 Å². The van der Waals surface area contributed by atoms with Crippen molar-refractivity contribution in [1.82, 2.24) is 14.3 Å². The van der Waals surface area contributed by atoms with Crippen LogP contribution in [-0.2, 0) is 17.8 Å². The summed E-state index contributed by atoms with van der Waals surface area (Å²) in [6, 6.07) is 8.38. The molecule has 0 aliphatic heterocycles. The largest absolute Gasteiger partial charge is 0.462 e. The maximum Gasteiger partial charge on any atom is 0.344 e. The Morgan fingerprint density at radius 3 is 2.35 bits per heavy atom. The highest BCUT2D eigenvalue weighted by Crippen LogP contribution is 2.31. The smallest absolute Gasteiger partial charge is 0.344 e. The first kappa shape index (κ1) is 24.7. The number of carbonyl (C=O) groups is 1. The monoisotopic (exact) mass is 463 g/mol. The third kappa shape index (κ3) is 5.57. The molecule has 0 amide bonds. The third-order valence-corrected chi connectivity index (χ3v) is 5.22. The molecule has 31 heavy (non-hydrogen) atoms. The first-order valence-electron chi connectivity index (χ1n) is 10.2. The van der Waals surface area contributed by atoms with Gasteiger partial charge >= 0.3 is 5.97 Å². The zero-order valence-corrected chi connectivity index (χ0v) is 19.9. The fourth-order valence-corrected chi connectivity index (χ4v) is 3.55. The van der Waals surface area contributed by atoms with E-state index in [1.807, 2.05) is 44.5 Å². The predicted molar refractivity (Wildman–Crippen MR) is 125 cm³/mol. The van der Waals surface area contributed by atoms with E-state index in [2.05, 4.69) is 5.10 Å². The van der Waals surface area contributed by atoms with E-state index in [9.17, 15) is 9.59 Å². The standard InChI is InChI=1S/C21H21Cl2N3O3.C2H6/c1-4-26-15(12-25-9-8-13(3)24-25)11-18(27)19(21(28)29-5-2)20(26)14-6-7-16(22)17(23)10-14;1-2/h6-11H,4-5,12H2,1-3H3;1-2H3. The van der Waals surface area contributed by atoms with Crippen LogP contribution in [0.25, 0.3) is 11.3 Å². The van der Waals surface area contributed by atoms with E-state index in [0.717, 1.165) is 11.4 Å². The normalized spacial score (nSPS) is 10.4. The number of carbonyl (C=O) groups excluding carboxylic acids is 1. The summed E-state index contributed by atoms with van der Waals surface area (Å²) in [5.41, 5.74) is 2.23. The van der Waals surface area contributed by atoms with Crippen molar-refractivity contribution in [2.24, 2.45) is 0 Å². The molecule has 0 aliphatic rings. The number of ether oxygens (including phenoxy) is 1. The average Bonchev–Trinajstić information content (AvgIpc) is 3.15. The summed E-state index contributed by atoms with van der Waals surface area (Å²) < 4.78 is 8.81. The Bertz CT molecular complexity index is 1120. The van der Waals surface area contributed by atoms with Crippen molar-refractivity contribution in [3.8, 4) is 11.3 Å². The minimum Gasteiger partial charge on any atom is -0.462 e. The number of pyridine rings is 1. The molecular weight excluding hydrogens is 437 g/mol. The van der Waals surface area contributed by atoms with E-state index in [4.69, 9.17) is 27.9 Å². The molecule has 0 radical (unpaired) electrons. The highest BCUT2D eigenvalue weighted by atomic mass is 35.5. The molecule has 0 saturated carbocycles. The molecule has 2 aromatic heterocycles. The molecule has 166 valence electrons. The predicted octanol–water partition coefficient (Wildman–Crippen LogP) is 5.60. The number of hydrogen-bond acceptors (Lipinski definition) is 4. The van der Waals surface area contributed by atoms with E-state index in [1.54, 1.807) is 29.8 Å². The number of nitrogens with zero attached hydrogens (tertiary/aromatic N) is 3. The van der Waals surface area contributed by atoms with Crippen LogP contribution in [0, 0.1) is 6.92 Å². The van der Waals surface area contributed by atoms with Crippen LogP contribution in [-0.4, -0.2) is 26.9 Å². The number of benzene rings is 1. The number of rotatable bonds is 6. The molecule has 0 N–H and O–H groups in total. The van der Waals surface area contributed by atoms with Gasteiger partial charge in [-0.3, -0.25) is 9.48 Å². The average molecular weight is 464 g/mol. The van der Waals surface area contributed by atoms with Gasteiger partial charge in [0.25, 0.3) is 0 Å². The van der Waals surface area contributed by atoms with Crippen LogP contribution in [0.4, 0.5) is 0 Å². The zero-order valence-electron chi connectivity index (χ0n) is 18.4. The molecule has 6 nitrogen and oxygen atoms in total. The minimum absolute atomic E-state index is 0.0208. The molecule has 0 aliphatic carbocycles. The first-order chi connectivity index (χ1) is 14.8. The Hall–Kier alpha value is -2.57. The van der Waals surface area contributed by atoms with Gasteiger partial charge in [0.1, 0.15) is 5.56 Å². The highest BCUT2D eigenvalue weighted by Gasteiger charge is 2.24. The van der Waals surface area contributed by atoms with Crippen molar-refractivity contribution < 1.29 is 9.53 Å². The lowest BCUT2D eigenvalue weighted by atomic mass is 10.0. The second-order valence-corrected chi connectivity index (χ2v) is 7.29. The van der Waals surface area contributed by atoms with Crippen LogP contribution in [0.1, 0.15) is 49.4 Å². The summed E-state index contributed by atoms with van der Waals surface area (Å²) in [6.45, 7) is 10.6. The first-order valence-corrected chi connectivity index (χ1v) is 11.0. The van der Waals surface area contributed by atoms with Crippen molar-refractivity contribution >= 4 is 29.2 Å². The van der Waals surface area contributed by atoms with Gasteiger partial charge in [-0.15, -0.1) is 0 Å². The van der Waals surface area contributed by atoms with Crippen molar-refractivity contribution in [2.45, 2.75) is 47.7 Å². The molecule has 0 spiro atoms. The molecule has 0 atom stereocenters. The summed E-state index contributed by atoms with van der Waals surface area (Å²) >= 11 is 12.3. The summed E-state index contributed by atoms with van der Waals surface area (Å²) in [7, 11) is 0. The molecule has 3 rings (SSSR count). The van der Waals surface area contributed by atoms with E-state index < -0.39 is 11.4 Å². The SMILES string of the molecule is CC.CCOC(=O)c1c(-c2ccc(Cl)c(Cl)c2)n(CC)c(Cn2ccc(C)n2)cc1=O. The second-order valence-electron chi connectivity index (χ2n) is 6.47. The van der Waals surface area contributed by atoms with Crippen LogP contribution >= 0.6 is 23.2 Å². The van der Waals surface area contributed by atoms with Crippen LogP contribution in [0.3, 0.4) is 0 Å². The van der Waals surface area contributed by atoms with Gasteiger partial charge in [-0.1, -0.05) is 43.1 Å². The van der Waals surface area contributed by atoms with Crippen LogP contribution in [0.5, 0.6) is 0 Å². The summed E-state index contributed by atoms with van der Waals surface area (Å²) in [5.74, 6) is -0.665. The van der Waals surface area contributed by atoms with Gasteiger partial charge in [-0.2, -0.15) is 5.10 Å². The molecule has 2 heterocycles. The summed E-state index contributed by atoms with van der Waals surface area (Å²) in [6.07, 6.45) is 1.85. The van der Waals surface area contributed by atoms with Crippen molar-refractivity contribution in [1.29, 1.82) is 0 Å². The molecule has 0 saturated heterocycles. The number of hydrogen-bond donors (Lipinski definition) is 0. The lowest BCUT2D eigenvalue weighted by Crippen LogP contribution is -2.25. The second kappa shape index (κ2) is 11.2. The fraction of sp³-hybridized carbons (Fsp3) is 0.348. The Labute approximate surface area is 192 Å². The summed E-state index contributed by atoms with van der Waals surface area (Å²) in [4.78, 5) is 25.6. The highest BCUT2D eigenvalue weighted by molar-refractivity contribution is 6.42. The van der Waals surface area contributed by atoms with Gasteiger partial charge in [-0.25, -0.2) is 4.79 Å². The van der Waals surface area contributed by atoms with Gasteiger partial charge in [0.15, 0.2) is 5.43 Å². The quantitative estimate of drug-likeness (QED) is 0.446. The Morgan fingerprint density at radius 1 is 1.10 bits per heavy atom. The van der Waals surface area contributed by atoms with Gasteiger partial charge in [0, 0.05) is 30.1 Å². The van der Waals surface area contributed by atoms with Gasteiger partial charge < -0.3 is 9.30 Å². The van der Waals surface area contributed by atoms with Gasteiger partial charge in [0.2, 0.25) is 0 Å². The number of halogens is 2. The molecule has 0 bridgehead atoms. The zero-order chi connectivity index (χ0) is 23.1. The van der Waals surface area contributed by atoms with E-state index >= 15 is 0 Å². The van der Waals surface area contributed by atoms with E-state index in [-0.39, 0.29) is 12.2 Å². The van der Waals surface area contributed by atoms with Crippen LogP contribution < -0.4 is 5.43 Å². The number of aryl methyl sites for hydroxylation is 1. The van der Waals surface area contributed by atoms with E-state index in [0.29, 0.717) is 34.4 Å². The Balaban J connectivity index is 0.00000166. The molecule has 3 aromatic rings. The Kier molecular flexibility index (Phi) is 8.89. The third-order valence-electron chi connectivity index (χ3n) is 4.48. The lowest BCUT2D eigenvalue weighted by molar-refractivity contribution is 0.0525. The molecule has 8 heteroatoms. The molecular formula is C23H27Cl2N3O3. The minimum atomic E-state index is -0.665. The van der Waals surface area contributed by atoms with Gasteiger partial charge in [-0.05, 0) is 39.0 Å². The molecule has 1 aromatic carbocycles. The van der Waals surface area contributed by atoms with Crippen molar-refractivity contribution in [3.63, 3.8) is 0 Å². The lowest BCUT2D eigenvalue weighted by Gasteiger charge is -2.20. The van der Waals surface area contributed by atoms with Crippen LogP contribution in [0.15, 0.2) is 41.3 Å². The van der Waals surface area contributed by atoms with Crippen molar-refractivity contribution in [3.05, 3.63) is 73.7 Å². The number of aromatic nitrogens is 3. The molecule has 0 fully saturated rings. The Morgan fingerprint density at radius 2 is 1.81 bits per heavy atom. The van der Waals surface area contributed by atoms with Crippen molar-refractivity contribution in [2.75, 3.05) is 6.61 Å². The maximum absolute atomic E-state index is 13.0. The maximum atomic E-state index is 13.0. The van der Waals surface area contributed by atoms with Crippen LogP contribution in [0.2, 0.25) is 10.0 Å². The fourth-order valence-electron chi connectivity index (χ4n) is 3.25. The van der Waals surface area contributed by atoms with E-state index in [1.165, 1.54) is 6.07 Å².